The molecule has 24 heavy (non-hydrogen) atoms. The van der Waals surface area contributed by atoms with Crippen molar-refractivity contribution in [2.75, 3.05) is 5.32 Å². The van der Waals surface area contributed by atoms with Gasteiger partial charge in [0.25, 0.3) is 5.91 Å². The summed E-state index contributed by atoms with van der Waals surface area (Å²) in [5.41, 5.74) is 0.421. The molecule has 9 heteroatoms. The van der Waals surface area contributed by atoms with Gasteiger partial charge in [-0.05, 0) is 49.4 Å². The number of nitrogens with two attached hydrogens (primary N) is 1. The number of sulfonamides is 1. The molecule has 3 N–H and O–H groups in total. The largest absolute Gasteiger partial charge is 0.479 e. The molecule has 0 aliphatic rings. The molecule has 0 bridgehead atoms. The second-order valence-corrected chi connectivity index (χ2v) is 7.78. The number of benzene rings is 2. The average Bonchev–Trinajstić information content (AvgIpc) is 2.49. The summed E-state index contributed by atoms with van der Waals surface area (Å²) < 4.78 is 28.7. The van der Waals surface area contributed by atoms with E-state index in [9.17, 15) is 13.2 Å². The zero-order valence-electron chi connectivity index (χ0n) is 12.5. The fourth-order valence-electron chi connectivity index (χ4n) is 1.79. The molecule has 6 nitrogen and oxygen atoms in total. The van der Waals surface area contributed by atoms with Crippen molar-refractivity contribution >= 4 is 49.1 Å². The second-order valence-electron chi connectivity index (χ2n) is 4.89. The minimum Gasteiger partial charge on any atom is -0.479 e. The number of ether oxygens (including phenoxy) is 1. The third-order valence-electron chi connectivity index (χ3n) is 3.02. The van der Waals surface area contributed by atoms with Gasteiger partial charge in [-0.3, -0.25) is 4.79 Å². The molecule has 1 atom stereocenters. The summed E-state index contributed by atoms with van der Waals surface area (Å²) in [6.07, 6.45) is -0.804. The summed E-state index contributed by atoms with van der Waals surface area (Å²) in [4.78, 5) is 12.1. The normalized spacial score (nSPS) is 12.5. The number of nitrogens with one attached hydrogen (secondary N) is 1. The van der Waals surface area contributed by atoms with Crippen molar-refractivity contribution in [2.45, 2.75) is 17.9 Å². The van der Waals surface area contributed by atoms with E-state index in [1.807, 2.05) is 0 Å². The lowest BCUT2D eigenvalue weighted by atomic mass is 10.3. The Kier molecular flexibility index (Phi) is 5.87. The van der Waals surface area contributed by atoms with Crippen LogP contribution in [0.15, 0.2) is 51.8 Å². The van der Waals surface area contributed by atoms with Gasteiger partial charge in [0.2, 0.25) is 10.0 Å². The van der Waals surface area contributed by atoms with Crippen molar-refractivity contribution in [3.63, 3.8) is 0 Å². The molecule has 2 aromatic carbocycles. The smallest absolute Gasteiger partial charge is 0.265 e. The first-order valence-corrected chi connectivity index (χ1v) is 9.44. The molecular weight excluding hydrogens is 420 g/mol. The third-order valence-corrected chi connectivity index (χ3v) is 4.74. The van der Waals surface area contributed by atoms with Crippen LogP contribution in [0.5, 0.6) is 5.75 Å². The number of primary sulfonamides is 1. The lowest BCUT2D eigenvalue weighted by Gasteiger charge is -2.16. The van der Waals surface area contributed by atoms with Gasteiger partial charge in [-0.2, -0.15) is 0 Å². The Morgan fingerprint density at radius 1 is 1.25 bits per heavy atom. The quantitative estimate of drug-likeness (QED) is 0.756. The van der Waals surface area contributed by atoms with Crippen molar-refractivity contribution in [3.8, 4) is 5.75 Å². The van der Waals surface area contributed by atoms with Crippen LogP contribution in [0.2, 0.25) is 5.02 Å². The van der Waals surface area contributed by atoms with Crippen LogP contribution in [0.1, 0.15) is 6.92 Å². The highest BCUT2D eigenvalue weighted by Gasteiger charge is 2.17. The maximum Gasteiger partial charge on any atom is 0.265 e. The van der Waals surface area contributed by atoms with Crippen molar-refractivity contribution in [1.82, 2.24) is 0 Å². The van der Waals surface area contributed by atoms with Gasteiger partial charge < -0.3 is 10.1 Å². The maximum atomic E-state index is 12.1. The number of carbonyl (C=O) groups is 1. The fraction of sp³-hybridized carbons (Fsp3) is 0.133. The van der Waals surface area contributed by atoms with Crippen LogP contribution in [0.4, 0.5) is 5.69 Å². The summed E-state index contributed by atoms with van der Waals surface area (Å²) >= 11 is 9.33. The summed E-state index contributed by atoms with van der Waals surface area (Å²) in [6, 6.07) is 10.6. The van der Waals surface area contributed by atoms with Gasteiger partial charge in [-0.15, -0.1) is 0 Å². The highest BCUT2D eigenvalue weighted by atomic mass is 79.9. The van der Waals surface area contributed by atoms with Gasteiger partial charge in [0, 0.05) is 10.2 Å². The monoisotopic (exact) mass is 432 g/mol. The number of hydrogen-bond donors (Lipinski definition) is 2. The van der Waals surface area contributed by atoms with Crippen LogP contribution in [-0.2, 0) is 14.8 Å². The van der Waals surface area contributed by atoms with Gasteiger partial charge in [0.05, 0.1) is 9.92 Å². The highest BCUT2D eigenvalue weighted by molar-refractivity contribution is 9.10. The fourth-order valence-corrected chi connectivity index (χ4v) is 3.02. The molecule has 0 spiro atoms. The van der Waals surface area contributed by atoms with Crippen molar-refractivity contribution in [3.05, 3.63) is 52.0 Å². The molecule has 0 aliphatic heterocycles. The Balaban J connectivity index is 2.03. The lowest BCUT2D eigenvalue weighted by Crippen LogP contribution is -2.30. The lowest BCUT2D eigenvalue weighted by molar-refractivity contribution is -0.122. The van der Waals surface area contributed by atoms with E-state index >= 15 is 0 Å². The minimum absolute atomic E-state index is 0.0357. The number of halogens is 2. The van der Waals surface area contributed by atoms with E-state index in [4.69, 9.17) is 21.5 Å². The standard InChI is InChI=1S/C15H14BrClN2O4S/c1-9(23-14-7-2-10(16)8-13(14)17)15(20)19-11-3-5-12(6-4-11)24(18,21)22/h2-9H,1H3,(H,19,20)(H2,18,21,22). The SMILES string of the molecule is CC(Oc1ccc(Br)cc1Cl)C(=O)Nc1ccc(S(N)(=O)=O)cc1. The van der Waals surface area contributed by atoms with Gasteiger partial charge in [0.1, 0.15) is 5.75 Å². The third kappa shape index (κ3) is 4.94. The highest BCUT2D eigenvalue weighted by Crippen LogP contribution is 2.28. The summed E-state index contributed by atoms with van der Waals surface area (Å²) in [5, 5.41) is 8.01. The number of hydrogen-bond acceptors (Lipinski definition) is 4. The number of anilines is 1. The Hall–Kier alpha value is -1.61. The number of amides is 1. The maximum absolute atomic E-state index is 12.1. The van der Waals surface area contributed by atoms with E-state index in [0.717, 1.165) is 4.47 Å². The summed E-state index contributed by atoms with van der Waals surface area (Å²) in [6.45, 7) is 1.58. The van der Waals surface area contributed by atoms with E-state index < -0.39 is 22.0 Å². The Labute approximate surface area is 153 Å². The average molecular weight is 434 g/mol. The van der Waals surface area contributed by atoms with Gasteiger partial charge in [-0.25, -0.2) is 13.6 Å². The summed E-state index contributed by atoms with van der Waals surface area (Å²) in [7, 11) is -3.77. The van der Waals surface area contributed by atoms with Crippen LogP contribution in [0.25, 0.3) is 0 Å². The first-order chi connectivity index (χ1) is 11.2. The van der Waals surface area contributed by atoms with Crippen molar-refractivity contribution in [2.24, 2.45) is 5.14 Å². The molecule has 0 radical (unpaired) electrons. The van der Waals surface area contributed by atoms with Gasteiger partial charge >= 0.3 is 0 Å². The molecule has 0 heterocycles. The molecular formula is C15H14BrClN2O4S. The predicted octanol–water partition coefficient (Wildman–Crippen LogP) is 3.16. The van der Waals surface area contributed by atoms with Crippen LogP contribution in [0.3, 0.4) is 0 Å². The number of rotatable bonds is 5. The van der Waals surface area contributed by atoms with Gasteiger partial charge in [0.15, 0.2) is 6.10 Å². The number of carbonyl (C=O) groups excluding carboxylic acids is 1. The van der Waals surface area contributed by atoms with Crippen LogP contribution < -0.4 is 15.2 Å². The Bertz CT molecular complexity index is 856. The molecule has 128 valence electrons. The minimum atomic E-state index is -3.77. The van der Waals surface area contributed by atoms with E-state index in [2.05, 4.69) is 21.2 Å². The van der Waals surface area contributed by atoms with Gasteiger partial charge in [-0.1, -0.05) is 27.5 Å². The Morgan fingerprint density at radius 2 is 1.88 bits per heavy atom. The molecule has 1 unspecified atom stereocenters. The second kappa shape index (κ2) is 7.52. The molecule has 0 saturated carbocycles. The zero-order valence-corrected chi connectivity index (χ0v) is 15.7. The van der Waals surface area contributed by atoms with Crippen molar-refractivity contribution in [1.29, 1.82) is 0 Å². The van der Waals surface area contributed by atoms with Crippen LogP contribution in [-0.4, -0.2) is 20.4 Å². The summed E-state index contributed by atoms with van der Waals surface area (Å²) in [5.74, 6) is -0.0237. The molecule has 0 saturated heterocycles. The first-order valence-electron chi connectivity index (χ1n) is 6.72. The molecule has 0 aromatic heterocycles. The van der Waals surface area contributed by atoms with E-state index in [-0.39, 0.29) is 4.90 Å². The van der Waals surface area contributed by atoms with Crippen LogP contribution in [0, 0.1) is 0 Å². The molecule has 1 amide bonds. The van der Waals surface area contributed by atoms with E-state index in [1.165, 1.54) is 24.3 Å². The topological polar surface area (TPSA) is 98.5 Å². The molecule has 0 aliphatic carbocycles. The van der Waals surface area contributed by atoms with E-state index in [1.54, 1.807) is 25.1 Å². The van der Waals surface area contributed by atoms with Crippen LogP contribution >= 0.6 is 27.5 Å². The molecule has 2 aromatic rings. The molecule has 0 fully saturated rings. The predicted molar refractivity (Wildman–Crippen MR) is 95.7 cm³/mol. The Morgan fingerprint density at radius 3 is 2.42 bits per heavy atom. The first kappa shape index (κ1) is 18.7. The van der Waals surface area contributed by atoms with E-state index in [0.29, 0.717) is 16.5 Å². The van der Waals surface area contributed by atoms with Crippen molar-refractivity contribution < 1.29 is 17.9 Å². The zero-order chi connectivity index (χ0) is 17.9. The molecule has 2 rings (SSSR count).